The molecular weight excluding hydrogens is 270 g/mol. The SMILES string of the molecule is C[C@H]1COC(c2cc3c(cn2)OC(C)(C)[C@H](O)C3)=CC1=O. The van der Waals surface area contributed by atoms with E-state index in [2.05, 4.69) is 4.98 Å². The van der Waals surface area contributed by atoms with E-state index in [9.17, 15) is 9.90 Å². The fourth-order valence-corrected chi connectivity index (χ4v) is 2.43. The number of rotatable bonds is 1. The predicted octanol–water partition coefficient (Wildman–Crippen LogP) is 1.73. The molecule has 3 rings (SSSR count). The van der Waals surface area contributed by atoms with E-state index < -0.39 is 11.7 Å². The highest BCUT2D eigenvalue weighted by Crippen LogP contribution is 2.34. The van der Waals surface area contributed by atoms with Crippen LogP contribution in [-0.2, 0) is 16.0 Å². The first-order valence-corrected chi connectivity index (χ1v) is 7.11. The molecule has 5 nitrogen and oxygen atoms in total. The van der Waals surface area contributed by atoms with Crippen LogP contribution in [0.2, 0.25) is 0 Å². The van der Waals surface area contributed by atoms with Crippen molar-refractivity contribution in [2.24, 2.45) is 5.92 Å². The van der Waals surface area contributed by atoms with Crippen molar-refractivity contribution >= 4 is 11.5 Å². The second-order valence-electron chi connectivity index (χ2n) is 6.23. The average molecular weight is 289 g/mol. The zero-order valence-corrected chi connectivity index (χ0v) is 12.4. The Morgan fingerprint density at radius 2 is 2.19 bits per heavy atom. The Balaban J connectivity index is 1.93. The van der Waals surface area contributed by atoms with Crippen LogP contribution in [0.1, 0.15) is 32.0 Å². The van der Waals surface area contributed by atoms with Gasteiger partial charge in [0.1, 0.15) is 22.8 Å². The molecule has 0 spiro atoms. The highest BCUT2D eigenvalue weighted by Gasteiger charge is 2.36. The molecule has 0 amide bonds. The van der Waals surface area contributed by atoms with Crippen LogP contribution in [-0.4, -0.2) is 34.2 Å². The summed E-state index contributed by atoms with van der Waals surface area (Å²) in [6.45, 7) is 5.90. The Kier molecular flexibility index (Phi) is 3.24. The van der Waals surface area contributed by atoms with Crippen LogP contribution in [0.5, 0.6) is 5.75 Å². The molecule has 0 fully saturated rings. The Bertz CT molecular complexity index is 621. The Morgan fingerprint density at radius 3 is 2.90 bits per heavy atom. The first-order chi connectivity index (χ1) is 9.87. The van der Waals surface area contributed by atoms with Gasteiger partial charge in [0.05, 0.1) is 24.8 Å². The van der Waals surface area contributed by atoms with Crippen LogP contribution in [0.15, 0.2) is 18.3 Å². The van der Waals surface area contributed by atoms with Gasteiger partial charge in [0.15, 0.2) is 5.78 Å². The van der Waals surface area contributed by atoms with Crippen molar-refractivity contribution in [3.05, 3.63) is 29.6 Å². The summed E-state index contributed by atoms with van der Waals surface area (Å²) < 4.78 is 11.4. The minimum absolute atomic E-state index is 0.0492. The molecule has 2 aliphatic rings. The molecule has 0 aliphatic carbocycles. The van der Waals surface area contributed by atoms with Gasteiger partial charge in [-0.2, -0.15) is 0 Å². The third-order valence-electron chi connectivity index (χ3n) is 4.04. The van der Waals surface area contributed by atoms with Crippen LogP contribution in [0, 0.1) is 5.92 Å². The van der Waals surface area contributed by atoms with Crippen LogP contribution in [0.4, 0.5) is 0 Å². The number of aliphatic hydroxyl groups excluding tert-OH is 1. The number of nitrogens with zero attached hydrogens (tertiary/aromatic N) is 1. The first kappa shape index (κ1) is 14.1. The number of fused-ring (bicyclic) bond motifs is 1. The molecule has 0 radical (unpaired) electrons. The van der Waals surface area contributed by atoms with Gasteiger partial charge < -0.3 is 14.6 Å². The van der Waals surface area contributed by atoms with E-state index in [-0.39, 0.29) is 11.7 Å². The number of carbonyl (C=O) groups excluding carboxylic acids is 1. The van der Waals surface area contributed by atoms with Crippen LogP contribution < -0.4 is 4.74 Å². The number of aromatic nitrogens is 1. The van der Waals surface area contributed by atoms with Crippen LogP contribution >= 0.6 is 0 Å². The number of ketones is 1. The summed E-state index contributed by atoms with van der Waals surface area (Å²) >= 11 is 0. The van der Waals surface area contributed by atoms with Crippen molar-refractivity contribution in [1.29, 1.82) is 0 Å². The van der Waals surface area contributed by atoms with Crippen LogP contribution in [0.25, 0.3) is 5.76 Å². The van der Waals surface area contributed by atoms with Crippen molar-refractivity contribution in [2.45, 2.75) is 38.9 Å². The molecule has 0 unspecified atom stereocenters. The second kappa shape index (κ2) is 4.84. The maximum atomic E-state index is 11.8. The van der Waals surface area contributed by atoms with Crippen LogP contribution in [0.3, 0.4) is 0 Å². The lowest BCUT2D eigenvalue weighted by Gasteiger charge is -2.36. The molecule has 3 heterocycles. The number of pyridine rings is 1. The zero-order chi connectivity index (χ0) is 15.2. The van der Waals surface area contributed by atoms with Crippen molar-refractivity contribution in [3.8, 4) is 5.75 Å². The fraction of sp³-hybridized carbons (Fsp3) is 0.500. The van der Waals surface area contributed by atoms with E-state index >= 15 is 0 Å². The molecule has 1 aromatic rings. The lowest BCUT2D eigenvalue weighted by molar-refractivity contribution is -0.119. The smallest absolute Gasteiger partial charge is 0.165 e. The number of hydrogen-bond donors (Lipinski definition) is 1. The number of ether oxygens (including phenoxy) is 2. The Hall–Kier alpha value is -1.88. The molecule has 0 saturated carbocycles. The molecule has 0 bridgehead atoms. The summed E-state index contributed by atoms with van der Waals surface area (Å²) in [5, 5.41) is 10.1. The third kappa shape index (κ3) is 2.53. The van der Waals surface area contributed by atoms with E-state index in [4.69, 9.17) is 9.47 Å². The summed E-state index contributed by atoms with van der Waals surface area (Å²) in [5.41, 5.74) is 0.856. The molecule has 2 atom stereocenters. The first-order valence-electron chi connectivity index (χ1n) is 7.11. The van der Waals surface area contributed by atoms with Gasteiger partial charge in [0.25, 0.3) is 0 Å². The van der Waals surface area contributed by atoms with E-state index in [1.54, 1.807) is 6.20 Å². The van der Waals surface area contributed by atoms with Crippen molar-refractivity contribution in [3.63, 3.8) is 0 Å². The topological polar surface area (TPSA) is 68.7 Å². The molecule has 21 heavy (non-hydrogen) atoms. The number of hydrogen-bond acceptors (Lipinski definition) is 5. The average Bonchev–Trinajstić information content (AvgIpc) is 2.42. The van der Waals surface area contributed by atoms with Crippen molar-refractivity contribution in [2.75, 3.05) is 6.61 Å². The van der Waals surface area contributed by atoms with E-state index in [1.807, 2.05) is 26.8 Å². The summed E-state index contributed by atoms with van der Waals surface area (Å²) in [4.78, 5) is 16.1. The molecule has 0 aromatic carbocycles. The Labute approximate surface area is 123 Å². The predicted molar refractivity (Wildman–Crippen MR) is 76.8 cm³/mol. The van der Waals surface area contributed by atoms with Gasteiger partial charge >= 0.3 is 0 Å². The number of carbonyl (C=O) groups is 1. The van der Waals surface area contributed by atoms with E-state index in [1.165, 1.54) is 6.08 Å². The Morgan fingerprint density at radius 1 is 1.43 bits per heavy atom. The quantitative estimate of drug-likeness (QED) is 0.852. The third-order valence-corrected chi connectivity index (χ3v) is 4.04. The largest absolute Gasteiger partial charge is 0.490 e. The van der Waals surface area contributed by atoms with E-state index in [0.29, 0.717) is 30.2 Å². The minimum atomic E-state index is -0.623. The fourth-order valence-electron chi connectivity index (χ4n) is 2.43. The van der Waals surface area contributed by atoms with Gasteiger partial charge in [-0.15, -0.1) is 0 Å². The highest BCUT2D eigenvalue weighted by atomic mass is 16.5. The van der Waals surface area contributed by atoms with Gasteiger partial charge in [-0.3, -0.25) is 4.79 Å². The normalized spacial score (nSPS) is 27.2. The minimum Gasteiger partial charge on any atom is -0.490 e. The molecule has 112 valence electrons. The standard InChI is InChI=1S/C16H19NO4/c1-9-8-20-13(6-12(9)18)11-4-10-5-15(19)16(2,3)21-14(10)7-17-11/h4,6-7,9,15,19H,5,8H2,1-3H3/t9-,15+/m0/s1. The highest BCUT2D eigenvalue weighted by molar-refractivity contribution is 5.98. The lowest BCUT2D eigenvalue weighted by Crippen LogP contribution is -2.46. The molecule has 1 N–H and O–H groups in total. The summed E-state index contributed by atoms with van der Waals surface area (Å²) in [6, 6.07) is 1.82. The van der Waals surface area contributed by atoms with Gasteiger partial charge in [0.2, 0.25) is 0 Å². The summed E-state index contributed by atoms with van der Waals surface area (Å²) in [5.74, 6) is 1.09. The summed E-state index contributed by atoms with van der Waals surface area (Å²) in [7, 11) is 0. The maximum absolute atomic E-state index is 11.8. The van der Waals surface area contributed by atoms with Gasteiger partial charge in [0, 0.05) is 18.1 Å². The van der Waals surface area contributed by atoms with Crippen molar-refractivity contribution in [1.82, 2.24) is 4.98 Å². The molecule has 0 saturated heterocycles. The number of aliphatic hydroxyl groups is 1. The zero-order valence-electron chi connectivity index (χ0n) is 12.4. The monoisotopic (exact) mass is 289 g/mol. The molecular formula is C16H19NO4. The van der Waals surface area contributed by atoms with Gasteiger partial charge in [-0.05, 0) is 19.9 Å². The molecule has 5 heteroatoms. The molecule has 1 aromatic heterocycles. The van der Waals surface area contributed by atoms with Gasteiger partial charge in [-0.25, -0.2) is 4.98 Å². The maximum Gasteiger partial charge on any atom is 0.165 e. The van der Waals surface area contributed by atoms with Gasteiger partial charge in [-0.1, -0.05) is 6.92 Å². The second-order valence-corrected chi connectivity index (χ2v) is 6.23. The van der Waals surface area contributed by atoms with Crippen molar-refractivity contribution < 1.29 is 19.4 Å². The number of allylic oxidation sites excluding steroid dienone is 1. The van der Waals surface area contributed by atoms with E-state index in [0.717, 1.165) is 5.56 Å². The molecule has 2 aliphatic heterocycles. The lowest BCUT2D eigenvalue weighted by atomic mass is 9.91. The summed E-state index contributed by atoms with van der Waals surface area (Å²) in [6.07, 6.45) is 3.04.